The van der Waals surface area contributed by atoms with E-state index in [1.165, 1.54) is 5.69 Å². The molecule has 0 saturated carbocycles. The lowest BCUT2D eigenvalue weighted by Crippen LogP contribution is -2.13. The van der Waals surface area contributed by atoms with Crippen molar-refractivity contribution in [2.75, 3.05) is 11.2 Å². The van der Waals surface area contributed by atoms with Gasteiger partial charge in [0.25, 0.3) is 0 Å². The second-order valence-corrected chi connectivity index (χ2v) is 5.83. The van der Waals surface area contributed by atoms with E-state index >= 15 is 0 Å². The Morgan fingerprint density at radius 1 is 1.38 bits per heavy atom. The van der Waals surface area contributed by atoms with E-state index in [0.717, 1.165) is 11.5 Å². The zero-order chi connectivity index (χ0) is 9.26. The number of anilines is 1. The van der Waals surface area contributed by atoms with E-state index in [2.05, 4.69) is 21.9 Å². The lowest BCUT2D eigenvalue weighted by Gasteiger charge is -2.20. The lowest BCUT2D eigenvalue weighted by atomic mass is 10.3. The first-order valence-electron chi connectivity index (χ1n) is 3.94. The second kappa shape index (κ2) is 3.82. The molecule has 0 radical (unpaired) electrons. The van der Waals surface area contributed by atoms with Crippen LogP contribution in [0.2, 0.25) is 0 Å². The SMILES string of the molecule is S=C1CN(c2ccccc2)[PH+]([S-])N1. The Bertz CT molecular complexity index is 317. The fourth-order valence-electron chi connectivity index (χ4n) is 1.26. The first-order valence-corrected chi connectivity index (χ1v) is 6.92. The highest BCUT2D eigenvalue weighted by Gasteiger charge is 2.25. The molecule has 1 aromatic carbocycles. The van der Waals surface area contributed by atoms with E-state index in [1.54, 1.807) is 0 Å². The van der Waals surface area contributed by atoms with Gasteiger partial charge in [0, 0.05) is 0 Å². The van der Waals surface area contributed by atoms with Crippen LogP contribution in [0.4, 0.5) is 5.69 Å². The Kier molecular flexibility index (Phi) is 2.72. The van der Waals surface area contributed by atoms with Crippen molar-refractivity contribution in [2.24, 2.45) is 0 Å². The molecule has 1 unspecified atom stereocenters. The fraction of sp³-hybridized carbons (Fsp3) is 0.125. The van der Waals surface area contributed by atoms with E-state index in [-0.39, 0.29) is 0 Å². The van der Waals surface area contributed by atoms with Gasteiger partial charge in [0.05, 0.1) is 13.1 Å². The van der Waals surface area contributed by atoms with Crippen LogP contribution in [0.3, 0.4) is 0 Å². The summed E-state index contributed by atoms with van der Waals surface area (Å²) in [5.74, 6) is 0. The zero-order valence-corrected chi connectivity index (χ0v) is 9.49. The highest BCUT2D eigenvalue weighted by molar-refractivity contribution is 8.33. The Hall–Kier alpha value is -0.310. The summed E-state index contributed by atoms with van der Waals surface area (Å²) >= 11 is 10.4. The average molecular weight is 228 g/mol. The molecule has 1 saturated heterocycles. The maximum atomic E-state index is 5.31. The van der Waals surface area contributed by atoms with E-state index in [0.29, 0.717) is 0 Å². The van der Waals surface area contributed by atoms with Crippen molar-refractivity contribution in [1.82, 2.24) is 5.09 Å². The standard InChI is InChI=1S/C8H9N2PS2/c12-8-6-10(11(13)9-8)7-4-2-1-3-5-7/h1-5,11H,6H2,(H,9,12). The molecular formula is C8H9N2PS2. The minimum atomic E-state index is -1.07. The molecule has 1 fully saturated rings. The summed E-state index contributed by atoms with van der Waals surface area (Å²) in [4.78, 5) is 0.868. The van der Waals surface area contributed by atoms with Crippen molar-refractivity contribution < 1.29 is 0 Å². The van der Waals surface area contributed by atoms with E-state index < -0.39 is 7.42 Å². The van der Waals surface area contributed by atoms with Crippen LogP contribution in [0.5, 0.6) is 0 Å². The van der Waals surface area contributed by atoms with Gasteiger partial charge in [0.1, 0.15) is 11.5 Å². The zero-order valence-electron chi connectivity index (χ0n) is 6.86. The largest absolute Gasteiger partial charge is 0.510 e. The lowest BCUT2D eigenvalue weighted by molar-refractivity contribution is 1.28. The number of hydrogen-bond donors (Lipinski definition) is 1. The van der Waals surface area contributed by atoms with Gasteiger partial charge in [-0.3, -0.25) is 5.09 Å². The molecule has 1 aliphatic rings. The molecule has 68 valence electrons. The summed E-state index contributed by atoms with van der Waals surface area (Å²) in [5.41, 5.74) is 1.17. The number of thiocarbonyl (C=S) groups is 1. The van der Waals surface area contributed by atoms with Gasteiger partial charge in [-0.15, -0.1) is 0 Å². The fourth-order valence-corrected chi connectivity index (χ4v) is 4.00. The molecule has 0 aromatic heterocycles. The molecule has 1 N–H and O–H groups in total. The number of nitrogens with zero attached hydrogens (tertiary/aromatic N) is 1. The van der Waals surface area contributed by atoms with Crippen molar-refractivity contribution in [2.45, 2.75) is 0 Å². The smallest absolute Gasteiger partial charge is 0.133 e. The molecule has 1 aliphatic heterocycles. The van der Waals surface area contributed by atoms with Crippen LogP contribution < -0.4 is 9.76 Å². The Labute approximate surface area is 89.3 Å². The summed E-state index contributed by atoms with van der Waals surface area (Å²) in [6.07, 6.45) is 0. The molecule has 2 nitrogen and oxygen atoms in total. The van der Waals surface area contributed by atoms with Gasteiger partial charge >= 0.3 is 0 Å². The van der Waals surface area contributed by atoms with Crippen LogP contribution in [0.1, 0.15) is 0 Å². The molecule has 0 aliphatic carbocycles. The van der Waals surface area contributed by atoms with Crippen LogP contribution in [0, 0.1) is 0 Å². The minimum Gasteiger partial charge on any atom is -0.510 e. The van der Waals surface area contributed by atoms with Gasteiger partial charge < -0.3 is 12.2 Å². The Balaban J connectivity index is 2.23. The van der Waals surface area contributed by atoms with Crippen molar-refractivity contribution in [3.05, 3.63) is 30.3 Å². The summed E-state index contributed by atoms with van der Waals surface area (Å²) in [6, 6.07) is 10.2. The van der Waals surface area contributed by atoms with Crippen molar-refractivity contribution in [3.8, 4) is 0 Å². The Morgan fingerprint density at radius 2 is 2.08 bits per heavy atom. The third-order valence-corrected chi connectivity index (χ3v) is 4.66. The highest BCUT2D eigenvalue weighted by atomic mass is 32.7. The van der Waals surface area contributed by atoms with Crippen molar-refractivity contribution >= 4 is 42.6 Å². The van der Waals surface area contributed by atoms with E-state index in [1.807, 2.05) is 18.2 Å². The molecule has 0 spiro atoms. The predicted molar refractivity (Wildman–Crippen MR) is 65.2 cm³/mol. The summed E-state index contributed by atoms with van der Waals surface area (Å²) < 4.78 is 2.17. The number of hydrogen-bond acceptors (Lipinski definition) is 3. The van der Waals surface area contributed by atoms with Crippen LogP contribution in [0.15, 0.2) is 30.3 Å². The summed E-state index contributed by atoms with van der Waals surface area (Å²) in [6.45, 7) is 0.775. The molecule has 0 bridgehead atoms. The van der Waals surface area contributed by atoms with Gasteiger partial charge in [-0.1, -0.05) is 30.4 Å². The highest BCUT2D eigenvalue weighted by Crippen LogP contribution is 2.41. The van der Waals surface area contributed by atoms with Gasteiger partial charge in [-0.25, -0.2) is 4.67 Å². The summed E-state index contributed by atoms with van der Waals surface area (Å²) in [7, 11) is -1.07. The number of rotatable bonds is 1. The molecular weight excluding hydrogens is 219 g/mol. The van der Waals surface area contributed by atoms with Crippen LogP contribution in [-0.4, -0.2) is 11.5 Å². The third kappa shape index (κ3) is 1.96. The molecule has 0 amide bonds. The monoisotopic (exact) mass is 228 g/mol. The Morgan fingerprint density at radius 3 is 2.62 bits per heavy atom. The first kappa shape index (κ1) is 9.25. The number of benzene rings is 1. The van der Waals surface area contributed by atoms with Gasteiger partial charge in [0.15, 0.2) is 0 Å². The topological polar surface area (TPSA) is 15.3 Å². The predicted octanol–water partition coefficient (Wildman–Crippen LogP) is 1.93. The molecule has 1 heterocycles. The maximum Gasteiger partial charge on any atom is 0.133 e. The van der Waals surface area contributed by atoms with Gasteiger partial charge in [-0.05, 0) is 12.1 Å². The van der Waals surface area contributed by atoms with Crippen LogP contribution >= 0.6 is 19.6 Å². The molecule has 13 heavy (non-hydrogen) atoms. The number of para-hydroxylation sites is 1. The average Bonchev–Trinajstić information content (AvgIpc) is 2.47. The van der Waals surface area contributed by atoms with Gasteiger partial charge in [0.2, 0.25) is 0 Å². The number of nitrogens with one attached hydrogen (secondary N) is 1. The van der Waals surface area contributed by atoms with E-state index in [9.17, 15) is 0 Å². The molecule has 1 aromatic rings. The third-order valence-electron chi connectivity index (χ3n) is 1.86. The molecule has 5 heteroatoms. The van der Waals surface area contributed by atoms with Crippen LogP contribution in [0.25, 0.3) is 0 Å². The van der Waals surface area contributed by atoms with Gasteiger partial charge in [-0.2, -0.15) is 0 Å². The van der Waals surface area contributed by atoms with Crippen LogP contribution in [-0.2, 0) is 12.2 Å². The quantitative estimate of drug-likeness (QED) is 0.448. The maximum absolute atomic E-state index is 5.31. The normalized spacial score (nSPS) is 21.8. The minimum absolute atomic E-state index is 0.775. The van der Waals surface area contributed by atoms with Crippen molar-refractivity contribution in [3.63, 3.8) is 0 Å². The molecule has 1 atom stereocenters. The second-order valence-electron chi connectivity index (χ2n) is 2.78. The summed E-state index contributed by atoms with van der Waals surface area (Å²) in [5, 5.41) is 3.14. The van der Waals surface area contributed by atoms with Crippen molar-refractivity contribution in [1.29, 1.82) is 0 Å². The van der Waals surface area contributed by atoms with E-state index in [4.69, 9.17) is 24.5 Å². The molecule has 2 rings (SSSR count). The first-order chi connectivity index (χ1) is 6.27.